The van der Waals surface area contributed by atoms with Crippen LogP contribution >= 0.6 is 0 Å². The number of likely N-dealkylation sites (N-methyl/N-ethyl adjacent to an activating group) is 1. The summed E-state index contributed by atoms with van der Waals surface area (Å²) in [6, 6.07) is 8.98. The van der Waals surface area contributed by atoms with Gasteiger partial charge in [0.25, 0.3) is 0 Å². The quantitative estimate of drug-likeness (QED) is 0.485. The van der Waals surface area contributed by atoms with E-state index in [1.807, 2.05) is 30.3 Å². The van der Waals surface area contributed by atoms with Crippen LogP contribution in [0.4, 0.5) is 4.79 Å². The molecule has 1 unspecified atom stereocenters. The van der Waals surface area contributed by atoms with E-state index in [0.717, 1.165) is 4.46 Å². The molecule has 0 saturated carbocycles. The number of hydrogen-bond donors (Lipinski definition) is 1. The van der Waals surface area contributed by atoms with Gasteiger partial charge in [0, 0.05) is 0 Å². The average Bonchev–Trinajstić information content (AvgIpc) is 2.57. The molecule has 27 heavy (non-hydrogen) atoms. The molecule has 0 spiro atoms. The number of hydrogen-bond acceptors (Lipinski definition) is 5. The minimum atomic E-state index is -0.778. The first-order chi connectivity index (χ1) is 12.6. The average molecular weight is 443 g/mol. The summed E-state index contributed by atoms with van der Waals surface area (Å²) in [7, 11) is 1.51. The molecule has 0 aromatic heterocycles. The fraction of sp³-hybridized carbons (Fsp3) is 0.526. The molecule has 7 nitrogen and oxygen atoms in total. The fourth-order valence-corrected chi connectivity index (χ4v) is 4.03. The molecule has 1 atom stereocenters. The van der Waals surface area contributed by atoms with E-state index in [2.05, 4.69) is 5.32 Å². The zero-order valence-corrected chi connectivity index (χ0v) is 18.2. The number of carbonyl (C=O) groups excluding carboxylic acids is 3. The van der Waals surface area contributed by atoms with Crippen LogP contribution in [0.3, 0.4) is 0 Å². The van der Waals surface area contributed by atoms with E-state index in [-0.39, 0.29) is 34.0 Å². The van der Waals surface area contributed by atoms with Gasteiger partial charge in [-0.3, -0.25) is 0 Å². The van der Waals surface area contributed by atoms with Crippen molar-refractivity contribution in [3.8, 4) is 0 Å². The normalized spacial score (nSPS) is 12.0. The van der Waals surface area contributed by atoms with Gasteiger partial charge in [0.05, 0.1) is 0 Å². The summed E-state index contributed by atoms with van der Waals surface area (Å²) < 4.78 is 11.3. The first-order valence-electron chi connectivity index (χ1n) is 8.70. The Bertz CT molecular complexity index is 631. The van der Waals surface area contributed by atoms with Gasteiger partial charge in [-0.15, -0.1) is 0 Å². The molecule has 0 saturated heterocycles. The van der Waals surface area contributed by atoms with E-state index in [1.54, 1.807) is 27.7 Å². The first-order valence-corrected chi connectivity index (χ1v) is 10.8. The van der Waals surface area contributed by atoms with Crippen molar-refractivity contribution in [2.75, 3.05) is 20.2 Å². The van der Waals surface area contributed by atoms with Crippen LogP contribution in [-0.2, 0) is 19.1 Å². The molecule has 0 aliphatic carbocycles. The molecule has 1 aromatic rings. The molecule has 0 aliphatic heterocycles. The molecule has 0 heterocycles. The number of esters is 1. The molecule has 2 amide bonds. The number of carbonyl (C=O) groups is 3. The van der Waals surface area contributed by atoms with Gasteiger partial charge < -0.3 is 0 Å². The first kappa shape index (κ1) is 23.0. The van der Waals surface area contributed by atoms with Gasteiger partial charge in [-0.25, -0.2) is 0 Å². The van der Waals surface area contributed by atoms with Crippen LogP contribution < -0.4 is 9.78 Å². The molecule has 0 aliphatic rings. The van der Waals surface area contributed by atoms with Crippen molar-refractivity contribution in [1.82, 2.24) is 10.2 Å². The second-order valence-corrected chi connectivity index (χ2v) is 9.12. The number of amides is 2. The predicted octanol–water partition coefficient (Wildman–Crippen LogP) is 1.35. The van der Waals surface area contributed by atoms with Gasteiger partial charge in [0.2, 0.25) is 0 Å². The number of nitrogens with zero attached hydrogens (tertiary/aromatic N) is 1. The number of ether oxygens (including phenoxy) is 2. The van der Waals surface area contributed by atoms with Crippen LogP contribution in [0.25, 0.3) is 0 Å². The van der Waals surface area contributed by atoms with Crippen LogP contribution in [0.2, 0.25) is 5.32 Å². The van der Waals surface area contributed by atoms with Crippen molar-refractivity contribution >= 4 is 37.4 Å². The van der Waals surface area contributed by atoms with Crippen molar-refractivity contribution in [2.45, 2.75) is 44.7 Å². The van der Waals surface area contributed by atoms with E-state index < -0.39 is 23.7 Å². The molecular formula is C19H28N2O5Se. The summed E-state index contributed by atoms with van der Waals surface area (Å²) in [6.45, 7) is 7.04. The molecule has 0 bridgehead atoms. The van der Waals surface area contributed by atoms with E-state index in [0.29, 0.717) is 5.32 Å². The Morgan fingerprint density at radius 2 is 1.81 bits per heavy atom. The molecular weight excluding hydrogens is 415 g/mol. The summed E-state index contributed by atoms with van der Waals surface area (Å²) in [6.07, 6.45) is -0.658. The zero-order chi connectivity index (χ0) is 20.4. The second kappa shape index (κ2) is 10.9. The van der Waals surface area contributed by atoms with Gasteiger partial charge in [-0.1, -0.05) is 0 Å². The molecule has 8 heteroatoms. The molecule has 1 aromatic carbocycles. The van der Waals surface area contributed by atoms with Crippen LogP contribution in [0.1, 0.15) is 27.7 Å². The van der Waals surface area contributed by atoms with Crippen LogP contribution in [0, 0.1) is 0 Å². The zero-order valence-electron chi connectivity index (χ0n) is 16.5. The third-order valence-corrected chi connectivity index (χ3v) is 5.52. The Hall–Kier alpha value is -2.05. The van der Waals surface area contributed by atoms with Gasteiger partial charge >= 0.3 is 167 Å². The molecule has 1 rings (SSSR count). The predicted molar refractivity (Wildman–Crippen MR) is 104 cm³/mol. The Morgan fingerprint density at radius 3 is 2.37 bits per heavy atom. The maximum atomic E-state index is 12.8. The molecule has 0 fully saturated rings. The van der Waals surface area contributed by atoms with E-state index in [9.17, 15) is 14.4 Å². The number of benzene rings is 1. The van der Waals surface area contributed by atoms with Crippen molar-refractivity contribution in [3.63, 3.8) is 0 Å². The number of nitrogens with one attached hydrogen (secondary N) is 1. The third-order valence-electron chi connectivity index (χ3n) is 3.20. The summed E-state index contributed by atoms with van der Waals surface area (Å²) in [5.74, 6) is -0.843. The van der Waals surface area contributed by atoms with Crippen molar-refractivity contribution < 1.29 is 23.9 Å². The van der Waals surface area contributed by atoms with Gasteiger partial charge in [0.1, 0.15) is 0 Å². The van der Waals surface area contributed by atoms with Crippen LogP contribution in [0.5, 0.6) is 0 Å². The van der Waals surface area contributed by atoms with E-state index in [4.69, 9.17) is 9.47 Å². The van der Waals surface area contributed by atoms with Crippen molar-refractivity contribution in [2.24, 2.45) is 0 Å². The van der Waals surface area contributed by atoms with Crippen LogP contribution in [-0.4, -0.2) is 69.7 Å². The maximum absolute atomic E-state index is 12.8. The minimum absolute atomic E-state index is 0.0264. The van der Waals surface area contributed by atoms with Gasteiger partial charge in [-0.05, 0) is 0 Å². The van der Waals surface area contributed by atoms with E-state index in [1.165, 1.54) is 11.9 Å². The Morgan fingerprint density at radius 1 is 1.19 bits per heavy atom. The van der Waals surface area contributed by atoms with Crippen LogP contribution in [0.15, 0.2) is 30.3 Å². The van der Waals surface area contributed by atoms with Gasteiger partial charge in [-0.2, -0.15) is 0 Å². The van der Waals surface area contributed by atoms with E-state index >= 15 is 0 Å². The van der Waals surface area contributed by atoms with Gasteiger partial charge in [0.15, 0.2) is 0 Å². The Balaban J connectivity index is 2.79. The number of rotatable bonds is 8. The molecule has 1 N–H and O–H groups in total. The summed E-state index contributed by atoms with van der Waals surface area (Å²) in [4.78, 5) is 37.8. The molecule has 150 valence electrons. The second-order valence-electron chi connectivity index (χ2n) is 6.82. The molecule has 0 radical (unpaired) electrons. The summed E-state index contributed by atoms with van der Waals surface area (Å²) >= 11 is -0.0264. The monoisotopic (exact) mass is 444 g/mol. The fourth-order valence-electron chi connectivity index (χ4n) is 2.07. The third kappa shape index (κ3) is 9.45. The topological polar surface area (TPSA) is 84.9 Å². The van der Waals surface area contributed by atoms with Crippen molar-refractivity contribution in [1.29, 1.82) is 0 Å². The summed E-state index contributed by atoms with van der Waals surface area (Å²) in [5, 5.41) is 3.09. The Kier molecular flexibility index (Phi) is 9.32. The summed E-state index contributed by atoms with van der Waals surface area (Å²) in [5.41, 5.74) is -0.668. The number of alkyl carbamates (subject to hydrolysis) is 1. The standard InChI is InChI=1S/C19H28N2O5Se/c1-6-25-16(22)12-21(5)17(23)15(20-18(24)26-19(2,3)4)13-27-14-10-8-7-9-11-14/h7-11,15H,6,12-13H2,1-5H3,(H,20,24). The SMILES string of the molecule is CCOC(=O)CN(C)C(=O)C(C[Se]c1ccccc1)NC(=O)OC(C)(C)C. The van der Waals surface area contributed by atoms with Crippen molar-refractivity contribution in [3.05, 3.63) is 30.3 Å². The Labute approximate surface area is 166 Å².